The highest BCUT2D eigenvalue weighted by atomic mass is 15.3. The third-order valence-electron chi connectivity index (χ3n) is 3.54. The van der Waals surface area contributed by atoms with E-state index in [9.17, 15) is 0 Å². The van der Waals surface area contributed by atoms with Crippen LogP contribution in [0.25, 0.3) is 0 Å². The predicted octanol–water partition coefficient (Wildman–Crippen LogP) is 2.11. The van der Waals surface area contributed by atoms with Crippen LogP contribution in [-0.4, -0.2) is 28.6 Å². The van der Waals surface area contributed by atoms with Crippen LogP contribution < -0.4 is 5.73 Å². The van der Waals surface area contributed by atoms with Crippen LogP contribution in [0.4, 0.5) is 0 Å². The Bertz CT molecular complexity index is 295. The fourth-order valence-electron chi connectivity index (χ4n) is 2.56. The smallest absolute Gasteiger partial charge is 0.0713 e. The van der Waals surface area contributed by atoms with Gasteiger partial charge in [0, 0.05) is 18.3 Å². The van der Waals surface area contributed by atoms with Crippen molar-refractivity contribution >= 4 is 0 Å². The molecule has 0 saturated carbocycles. The molecule has 3 nitrogen and oxygen atoms in total. The standard InChI is InChI=1S/C13H23N3/c1-13(14,11-12-7-6-8-15-12)16-9-4-2-3-5-10-16/h6-8,15H,2-5,9-11,14H2,1H3. The second-order valence-corrected chi connectivity index (χ2v) is 5.13. The van der Waals surface area contributed by atoms with Crippen molar-refractivity contribution in [3.8, 4) is 0 Å². The number of rotatable bonds is 3. The van der Waals surface area contributed by atoms with Crippen molar-refractivity contribution < 1.29 is 0 Å². The SMILES string of the molecule is CC(N)(Cc1ccc[nH]1)N1CCCCCC1. The highest BCUT2D eigenvalue weighted by Crippen LogP contribution is 2.19. The van der Waals surface area contributed by atoms with Crippen molar-refractivity contribution in [1.82, 2.24) is 9.88 Å². The van der Waals surface area contributed by atoms with Crippen molar-refractivity contribution in [2.24, 2.45) is 5.73 Å². The van der Waals surface area contributed by atoms with Gasteiger partial charge in [-0.1, -0.05) is 12.8 Å². The zero-order valence-electron chi connectivity index (χ0n) is 10.2. The Hall–Kier alpha value is -0.800. The molecule has 1 aliphatic heterocycles. The van der Waals surface area contributed by atoms with Crippen molar-refractivity contribution in [3.63, 3.8) is 0 Å². The van der Waals surface area contributed by atoms with E-state index in [1.807, 2.05) is 12.3 Å². The lowest BCUT2D eigenvalue weighted by Gasteiger charge is -2.37. The maximum absolute atomic E-state index is 6.46. The fraction of sp³-hybridized carbons (Fsp3) is 0.692. The Morgan fingerprint density at radius 2 is 2.00 bits per heavy atom. The molecule has 0 aliphatic carbocycles. The summed E-state index contributed by atoms with van der Waals surface area (Å²) in [5.74, 6) is 0. The van der Waals surface area contributed by atoms with E-state index < -0.39 is 0 Å². The van der Waals surface area contributed by atoms with Gasteiger partial charge in [-0.2, -0.15) is 0 Å². The topological polar surface area (TPSA) is 45.1 Å². The van der Waals surface area contributed by atoms with Gasteiger partial charge < -0.3 is 10.7 Å². The van der Waals surface area contributed by atoms with Gasteiger partial charge in [-0.3, -0.25) is 4.90 Å². The molecule has 0 amide bonds. The molecule has 1 atom stereocenters. The number of nitrogens with zero attached hydrogens (tertiary/aromatic N) is 1. The third-order valence-corrected chi connectivity index (χ3v) is 3.54. The summed E-state index contributed by atoms with van der Waals surface area (Å²) in [4.78, 5) is 5.69. The maximum Gasteiger partial charge on any atom is 0.0713 e. The van der Waals surface area contributed by atoms with Gasteiger partial charge in [0.05, 0.1) is 5.66 Å². The minimum atomic E-state index is -0.213. The maximum atomic E-state index is 6.46. The van der Waals surface area contributed by atoms with E-state index in [-0.39, 0.29) is 5.66 Å². The number of likely N-dealkylation sites (tertiary alicyclic amines) is 1. The molecule has 1 aromatic rings. The summed E-state index contributed by atoms with van der Waals surface area (Å²) in [5, 5.41) is 0. The first-order valence-corrected chi connectivity index (χ1v) is 6.35. The molecule has 1 unspecified atom stereocenters. The summed E-state index contributed by atoms with van der Waals surface area (Å²) in [6.45, 7) is 4.45. The van der Waals surface area contributed by atoms with Crippen LogP contribution in [0.2, 0.25) is 0 Å². The molecule has 1 saturated heterocycles. The van der Waals surface area contributed by atoms with Crippen LogP contribution in [0.15, 0.2) is 18.3 Å². The first-order chi connectivity index (χ1) is 7.68. The highest BCUT2D eigenvalue weighted by molar-refractivity contribution is 5.07. The molecular weight excluding hydrogens is 198 g/mol. The molecule has 16 heavy (non-hydrogen) atoms. The summed E-state index contributed by atoms with van der Waals surface area (Å²) in [6.07, 6.45) is 8.16. The normalized spacial score (nSPS) is 22.6. The van der Waals surface area contributed by atoms with E-state index in [2.05, 4.69) is 22.9 Å². The van der Waals surface area contributed by atoms with E-state index in [4.69, 9.17) is 5.73 Å². The summed E-state index contributed by atoms with van der Waals surface area (Å²) in [6, 6.07) is 4.15. The van der Waals surface area contributed by atoms with E-state index in [0.29, 0.717) is 0 Å². The Labute approximate surface area is 98.0 Å². The molecule has 1 aromatic heterocycles. The van der Waals surface area contributed by atoms with E-state index in [0.717, 1.165) is 19.5 Å². The number of nitrogens with two attached hydrogens (primary N) is 1. The van der Waals surface area contributed by atoms with Crippen molar-refractivity contribution in [3.05, 3.63) is 24.0 Å². The molecule has 1 fully saturated rings. The summed E-state index contributed by atoms with van der Waals surface area (Å²) < 4.78 is 0. The van der Waals surface area contributed by atoms with Gasteiger partial charge in [0.15, 0.2) is 0 Å². The highest BCUT2D eigenvalue weighted by Gasteiger charge is 2.28. The number of hydrogen-bond acceptors (Lipinski definition) is 2. The van der Waals surface area contributed by atoms with Crippen LogP contribution in [0.3, 0.4) is 0 Å². The van der Waals surface area contributed by atoms with Crippen LogP contribution in [0.1, 0.15) is 38.3 Å². The van der Waals surface area contributed by atoms with Crippen LogP contribution in [-0.2, 0) is 6.42 Å². The van der Waals surface area contributed by atoms with Crippen LogP contribution >= 0.6 is 0 Å². The van der Waals surface area contributed by atoms with Gasteiger partial charge >= 0.3 is 0 Å². The molecule has 2 heterocycles. The molecule has 0 radical (unpaired) electrons. The Morgan fingerprint density at radius 3 is 2.56 bits per heavy atom. The number of aromatic nitrogens is 1. The van der Waals surface area contributed by atoms with Crippen LogP contribution in [0.5, 0.6) is 0 Å². The minimum Gasteiger partial charge on any atom is -0.365 e. The molecule has 0 spiro atoms. The molecule has 0 bridgehead atoms. The van der Waals surface area contributed by atoms with E-state index >= 15 is 0 Å². The summed E-state index contributed by atoms with van der Waals surface area (Å²) in [7, 11) is 0. The van der Waals surface area contributed by atoms with Crippen molar-refractivity contribution in [2.75, 3.05) is 13.1 Å². The number of nitrogens with one attached hydrogen (secondary N) is 1. The number of hydrogen-bond donors (Lipinski definition) is 2. The van der Waals surface area contributed by atoms with Gasteiger partial charge in [-0.15, -0.1) is 0 Å². The zero-order valence-corrected chi connectivity index (χ0v) is 10.2. The lowest BCUT2D eigenvalue weighted by molar-refractivity contribution is 0.112. The molecule has 2 rings (SSSR count). The fourth-order valence-corrected chi connectivity index (χ4v) is 2.56. The van der Waals surface area contributed by atoms with E-state index in [1.54, 1.807) is 0 Å². The third kappa shape index (κ3) is 2.86. The van der Waals surface area contributed by atoms with Gasteiger partial charge in [-0.25, -0.2) is 0 Å². The van der Waals surface area contributed by atoms with Crippen molar-refractivity contribution in [2.45, 2.75) is 44.7 Å². The molecule has 3 heteroatoms. The quantitative estimate of drug-likeness (QED) is 0.821. The van der Waals surface area contributed by atoms with Gasteiger partial charge in [0.2, 0.25) is 0 Å². The lowest BCUT2D eigenvalue weighted by Crippen LogP contribution is -2.55. The number of H-pyrrole nitrogens is 1. The second kappa shape index (κ2) is 5.02. The first kappa shape index (κ1) is 11.7. The van der Waals surface area contributed by atoms with E-state index in [1.165, 1.54) is 31.4 Å². The van der Waals surface area contributed by atoms with Gasteiger partial charge in [0.25, 0.3) is 0 Å². The first-order valence-electron chi connectivity index (χ1n) is 6.35. The monoisotopic (exact) mass is 221 g/mol. The minimum absolute atomic E-state index is 0.213. The van der Waals surface area contributed by atoms with Gasteiger partial charge in [0.1, 0.15) is 0 Å². The van der Waals surface area contributed by atoms with Crippen molar-refractivity contribution in [1.29, 1.82) is 0 Å². The molecule has 1 aliphatic rings. The Morgan fingerprint density at radius 1 is 1.31 bits per heavy atom. The van der Waals surface area contributed by atoms with Crippen LogP contribution in [0, 0.1) is 0 Å². The number of aromatic amines is 1. The molecule has 90 valence electrons. The summed E-state index contributed by atoms with van der Waals surface area (Å²) >= 11 is 0. The summed E-state index contributed by atoms with van der Waals surface area (Å²) in [5.41, 5.74) is 7.48. The van der Waals surface area contributed by atoms with Gasteiger partial charge in [-0.05, 0) is 45.0 Å². The predicted molar refractivity (Wildman–Crippen MR) is 67.1 cm³/mol. The Kier molecular flexibility index (Phi) is 3.66. The molecule has 0 aromatic carbocycles. The average molecular weight is 221 g/mol. The zero-order chi connectivity index (χ0) is 11.4. The lowest BCUT2D eigenvalue weighted by atomic mass is 10.0. The average Bonchev–Trinajstić information content (AvgIpc) is 2.56. The second-order valence-electron chi connectivity index (χ2n) is 5.13. The molecular formula is C13H23N3. The largest absolute Gasteiger partial charge is 0.365 e. The molecule has 3 N–H and O–H groups in total. The Balaban J connectivity index is 1.99.